The van der Waals surface area contributed by atoms with E-state index in [1.165, 1.54) is 16.3 Å². The zero-order valence-electron chi connectivity index (χ0n) is 22.8. The number of methoxy groups -OCH3 is 1. The predicted octanol–water partition coefficient (Wildman–Crippen LogP) is 5.27. The Labute approximate surface area is 236 Å². The van der Waals surface area contributed by atoms with Crippen LogP contribution in [-0.4, -0.2) is 56.6 Å². The van der Waals surface area contributed by atoms with Crippen molar-refractivity contribution in [1.29, 1.82) is 0 Å². The third-order valence-corrected chi connectivity index (χ3v) is 7.67. The van der Waals surface area contributed by atoms with Crippen LogP contribution in [0.2, 0.25) is 10.0 Å². The van der Waals surface area contributed by atoms with E-state index in [0.717, 1.165) is 6.26 Å². The van der Waals surface area contributed by atoms with Crippen molar-refractivity contribution < 1.29 is 22.7 Å². The predicted molar refractivity (Wildman–Crippen MR) is 153 cm³/mol. The quantitative estimate of drug-likeness (QED) is 0.366. The van der Waals surface area contributed by atoms with Crippen LogP contribution < -0.4 is 14.4 Å². The third kappa shape index (κ3) is 8.78. The Kier molecular flexibility index (Phi) is 11.3. The second-order valence-corrected chi connectivity index (χ2v) is 12.7. The molecule has 2 amide bonds. The van der Waals surface area contributed by atoms with Crippen molar-refractivity contribution >= 4 is 50.7 Å². The maximum atomic E-state index is 13.6. The first kappa shape index (κ1) is 31.7. The zero-order valence-corrected chi connectivity index (χ0v) is 25.1. The van der Waals surface area contributed by atoms with Crippen molar-refractivity contribution in [2.75, 3.05) is 24.2 Å². The number of para-hydroxylation sites is 2. The van der Waals surface area contributed by atoms with Gasteiger partial charge in [-0.05, 0) is 57.9 Å². The number of hydrogen-bond acceptors (Lipinski definition) is 5. The molecule has 0 aliphatic heterocycles. The van der Waals surface area contributed by atoms with Gasteiger partial charge in [0.05, 0.1) is 19.1 Å². The van der Waals surface area contributed by atoms with Crippen LogP contribution in [0.4, 0.5) is 5.69 Å². The van der Waals surface area contributed by atoms with Crippen molar-refractivity contribution in [3.8, 4) is 5.75 Å². The molecule has 0 radical (unpaired) electrons. The number of benzene rings is 2. The second kappa shape index (κ2) is 13.5. The summed E-state index contributed by atoms with van der Waals surface area (Å²) in [6, 6.07) is 11.1. The molecule has 0 fully saturated rings. The lowest BCUT2D eigenvalue weighted by atomic mass is 10.0. The lowest BCUT2D eigenvalue weighted by Crippen LogP contribution is -2.53. The fourth-order valence-corrected chi connectivity index (χ4v) is 5.53. The molecule has 1 N–H and O–H groups in total. The molecule has 38 heavy (non-hydrogen) atoms. The fraction of sp³-hybridized carbons (Fsp3) is 0.481. The first-order chi connectivity index (χ1) is 17.7. The summed E-state index contributed by atoms with van der Waals surface area (Å²) in [5.74, 6) is -0.196. The number of amides is 2. The number of nitrogens with one attached hydrogen (secondary N) is 1. The van der Waals surface area contributed by atoms with Gasteiger partial charge in [0, 0.05) is 40.7 Å². The molecule has 11 heteroatoms. The number of nitrogens with zero attached hydrogens (tertiary/aromatic N) is 2. The van der Waals surface area contributed by atoms with Crippen LogP contribution in [0.15, 0.2) is 42.5 Å². The molecular weight excluding hydrogens is 549 g/mol. The maximum Gasteiger partial charge on any atom is 0.243 e. The number of sulfonamides is 1. The van der Waals surface area contributed by atoms with Gasteiger partial charge >= 0.3 is 0 Å². The number of ether oxygens (including phenoxy) is 1. The molecule has 2 aromatic carbocycles. The highest BCUT2D eigenvalue weighted by Crippen LogP contribution is 2.30. The van der Waals surface area contributed by atoms with E-state index >= 15 is 0 Å². The largest absolute Gasteiger partial charge is 0.495 e. The van der Waals surface area contributed by atoms with E-state index in [4.69, 9.17) is 27.9 Å². The molecule has 0 unspecified atom stereocenters. The third-order valence-electron chi connectivity index (χ3n) is 5.78. The minimum Gasteiger partial charge on any atom is -0.495 e. The van der Waals surface area contributed by atoms with Gasteiger partial charge in [-0.15, -0.1) is 0 Å². The maximum absolute atomic E-state index is 13.6. The Bertz CT molecular complexity index is 1210. The van der Waals surface area contributed by atoms with Crippen LogP contribution in [0.25, 0.3) is 0 Å². The molecule has 2 aromatic rings. The summed E-state index contributed by atoms with van der Waals surface area (Å²) < 4.78 is 31.7. The average molecular weight is 587 g/mol. The number of hydrogen-bond donors (Lipinski definition) is 1. The lowest BCUT2D eigenvalue weighted by molar-refractivity contribution is -0.142. The molecule has 0 aliphatic rings. The molecular formula is C27H37Cl2N3O5S. The number of carbonyl (C=O) groups is 2. The van der Waals surface area contributed by atoms with Gasteiger partial charge in [-0.3, -0.25) is 13.9 Å². The standard InChI is InChI=1S/C27H37Cl2N3O5S/c1-7-22(26(34)30-27(2,3)4)31(18-19-20(28)12-10-13-21(19)29)25(33)16-11-17-32(38(6,35)36)23-14-8-9-15-24(23)37-5/h8-10,12-15,22H,7,11,16-18H2,1-6H3,(H,30,34)/t22-/m0/s1. The van der Waals surface area contributed by atoms with Gasteiger partial charge in [0.1, 0.15) is 11.8 Å². The molecule has 0 aliphatic carbocycles. The highest BCUT2D eigenvalue weighted by atomic mass is 35.5. The van der Waals surface area contributed by atoms with Crippen LogP contribution in [-0.2, 0) is 26.2 Å². The topological polar surface area (TPSA) is 96.0 Å². The van der Waals surface area contributed by atoms with Crippen molar-refractivity contribution in [3.05, 3.63) is 58.1 Å². The van der Waals surface area contributed by atoms with E-state index < -0.39 is 21.6 Å². The van der Waals surface area contributed by atoms with Crippen LogP contribution in [0.3, 0.4) is 0 Å². The SMILES string of the molecule is CC[C@@H](C(=O)NC(C)(C)C)N(Cc1c(Cl)cccc1Cl)C(=O)CCCN(c1ccccc1OC)S(C)(=O)=O. The normalized spacial score (nSPS) is 12.5. The number of carbonyl (C=O) groups excluding carboxylic acids is 2. The molecule has 0 aromatic heterocycles. The highest BCUT2D eigenvalue weighted by molar-refractivity contribution is 7.92. The molecule has 1 atom stereocenters. The Morgan fingerprint density at radius 1 is 1.05 bits per heavy atom. The van der Waals surface area contributed by atoms with E-state index in [2.05, 4.69) is 5.32 Å². The molecule has 8 nitrogen and oxygen atoms in total. The first-order valence-corrected chi connectivity index (χ1v) is 14.9. The summed E-state index contributed by atoms with van der Waals surface area (Å²) in [4.78, 5) is 28.3. The van der Waals surface area contributed by atoms with E-state index in [1.807, 2.05) is 27.7 Å². The summed E-state index contributed by atoms with van der Waals surface area (Å²) in [5, 5.41) is 3.73. The minimum atomic E-state index is -3.65. The van der Waals surface area contributed by atoms with E-state index in [1.54, 1.807) is 42.5 Å². The Morgan fingerprint density at radius 2 is 1.66 bits per heavy atom. The zero-order chi connectivity index (χ0) is 28.7. The van der Waals surface area contributed by atoms with Crippen LogP contribution in [0, 0.1) is 0 Å². The van der Waals surface area contributed by atoms with Crippen molar-refractivity contribution in [2.45, 2.75) is 65.1 Å². The van der Waals surface area contributed by atoms with E-state index in [-0.39, 0.29) is 37.7 Å². The van der Waals surface area contributed by atoms with Gasteiger partial charge in [-0.25, -0.2) is 8.42 Å². The smallest absolute Gasteiger partial charge is 0.243 e. The van der Waals surface area contributed by atoms with Gasteiger partial charge in [-0.1, -0.05) is 48.3 Å². The van der Waals surface area contributed by atoms with Crippen molar-refractivity contribution in [1.82, 2.24) is 10.2 Å². The Morgan fingerprint density at radius 3 is 2.18 bits per heavy atom. The average Bonchev–Trinajstić information content (AvgIpc) is 2.81. The lowest BCUT2D eigenvalue weighted by Gasteiger charge is -2.33. The molecule has 0 saturated carbocycles. The number of halogens is 2. The van der Waals surface area contributed by atoms with Gasteiger partial charge in [0.2, 0.25) is 21.8 Å². The first-order valence-electron chi connectivity index (χ1n) is 12.3. The summed E-state index contributed by atoms with van der Waals surface area (Å²) in [7, 11) is -2.19. The minimum absolute atomic E-state index is 0.00252. The van der Waals surface area contributed by atoms with Crippen LogP contribution >= 0.6 is 23.2 Å². The molecule has 0 spiro atoms. The molecule has 0 saturated heterocycles. The summed E-state index contributed by atoms with van der Waals surface area (Å²) >= 11 is 12.8. The summed E-state index contributed by atoms with van der Waals surface area (Å²) in [6.07, 6.45) is 1.69. The number of anilines is 1. The van der Waals surface area contributed by atoms with E-state index in [0.29, 0.717) is 33.5 Å². The van der Waals surface area contributed by atoms with Crippen LogP contribution in [0.1, 0.15) is 52.5 Å². The van der Waals surface area contributed by atoms with Gasteiger partial charge in [0.25, 0.3) is 0 Å². The van der Waals surface area contributed by atoms with Gasteiger partial charge in [-0.2, -0.15) is 0 Å². The summed E-state index contributed by atoms with van der Waals surface area (Å²) in [5.41, 5.74) is 0.435. The Hall–Kier alpha value is -2.49. The van der Waals surface area contributed by atoms with Gasteiger partial charge in [0.15, 0.2) is 0 Å². The van der Waals surface area contributed by atoms with Gasteiger partial charge < -0.3 is 15.0 Å². The molecule has 210 valence electrons. The molecule has 0 heterocycles. The summed E-state index contributed by atoms with van der Waals surface area (Å²) in [6.45, 7) is 7.52. The highest BCUT2D eigenvalue weighted by Gasteiger charge is 2.31. The van der Waals surface area contributed by atoms with Crippen LogP contribution in [0.5, 0.6) is 5.75 Å². The Balaban J connectivity index is 2.33. The van der Waals surface area contributed by atoms with E-state index in [9.17, 15) is 18.0 Å². The van der Waals surface area contributed by atoms with Crippen molar-refractivity contribution in [3.63, 3.8) is 0 Å². The molecule has 0 bridgehead atoms. The number of rotatable bonds is 12. The fourth-order valence-electron chi connectivity index (χ4n) is 4.04. The molecule has 2 rings (SSSR count). The monoisotopic (exact) mass is 585 g/mol. The second-order valence-electron chi connectivity index (χ2n) is 10.00. The van der Waals surface area contributed by atoms with Crippen molar-refractivity contribution in [2.24, 2.45) is 0 Å².